The molecule has 264 valence electrons. The van der Waals surface area contributed by atoms with Crippen LogP contribution in [0.15, 0.2) is 94.7 Å². The second-order valence-corrected chi connectivity index (χ2v) is 18.8. The monoisotopic (exact) mass is 725 g/mol. The summed E-state index contributed by atoms with van der Waals surface area (Å²) in [5, 5.41) is 0.779. The topological polar surface area (TPSA) is 94.8 Å². The minimum absolute atomic E-state index is 0.194. The van der Waals surface area contributed by atoms with E-state index in [0.717, 1.165) is 59.8 Å². The van der Waals surface area contributed by atoms with Gasteiger partial charge in [-0.2, -0.15) is 13.0 Å². The molecule has 0 saturated heterocycles. The molecule has 0 radical (unpaired) electrons. The molecule has 5 rings (SSSR count). The summed E-state index contributed by atoms with van der Waals surface area (Å²) in [5.41, 5.74) is 8.81. The number of rotatable bonds is 13. The van der Waals surface area contributed by atoms with E-state index in [1.165, 1.54) is 28.8 Å². The van der Waals surface area contributed by atoms with Crippen molar-refractivity contribution in [3.8, 4) is 0 Å². The molecule has 2 aliphatic heterocycles. The number of sulfone groups is 1. The molecule has 0 atom stereocenters. The molecule has 7 nitrogen and oxygen atoms in total. The van der Waals surface area contributed by atoms with E-state index in [1.54, 1.807) is 0 Å². The Hall–Kier alpha value is -2.98. The van der Waals surface area contributed by atoms with Crippen LogP contribution in [0.3, 0.4) is 0 Å². The minimum atomic E-state index is -3.99. The highest BCUT2D eigenvalue weighted by molar-refractivity contribution is 7.90. The lowest BCUT2D eigenvalue weighted by Gasteiger charge is -2.27. The number of hydrogen-bond donors (Lipinski definition) is 1. The first kappa shape index (κ1) is 37.3. The zero-order valence-corrected chi connectivity index (χ0v) is 31.8. The van der Waals surface area contributed by atoms with Crippen molar-refractivity contribution in [1.29, 1.82) is 0 Å². The van der Waals surface area contributed by atoms with Crippen molar-refractivity contribution >= 4 is 48.6 Å². The maximum absolute atomic E-state index is 11.7. The maximum atomic E-state index is 11.7. The molecular formula is C39H50ClN2O5S2+. The molecule has 0 aromatic heterocycles. The van der Waals surface area contributed by atoms with Gasteiger partial charge in [-0.1, -0.05) is 74.0 Å². The Morgan fingerprint density at radius 3 is 2.22 bits per heavy atom. The molecule has 49 heavy (non-hydrogen) atoms. The predicted octanol–water partition coefficient (Wildman–Crippen LogP) is 8.40. The zero-order chi connectivity index (χ0) is 35.6. The highest BCUT2D eigenvalue weighted by Gasteiger charge is 2.44. The Labute approximate surface area is 298 Å². The van der Waals surface area contributed by atoms with Crippen molar-refractivity contribution in [3.05, 3.63) is 106 Å². The highest BCUT2D eigenvalue weighted by Crippen LogP contribution is 2.48. The number of allylic oxidation sites excluding steroid dienone is 8. The van der Waals surface area contributed by atoms with Crippen LogP contribution in [0, 0.1) is 0 Å². The average molecular weight is 726 g/mol. The van der Waals surface area contributed by atoms with E-state index in [2.05, 4.69) is 104 Å². The fraction of sp³-hybridized carbons (Fsp3) is 0.462. The van der Waals surface area contributed by atoms with Crippen LogP contribution in [0.5, 0.6) is 0 Å². The summed E-state index contributed by atoms with van der Waals surface area (Å²) in [4.78, 5) is 2.34. The van der Waals surface area contributed by atoms with Gasteiger partial charge >= 0.3 is 0 Å². The van der Waals surface area contributed by atoms with Gasteiger partial charge in [-0.05, 0) is 81.2 Å². The molecule has 2 aromatic rings. The zero-order valence-electron chi connectivity index (χ0n) is 29.4. The number of hydrogen-bond acceptors (Lipinski definition) is 5. The number of nitrogens with zero attached hydrogens (tertiary/aromatic N) is 2. The first-order valence-electron chi connectivity index (χ1n) is 17.2. The third kappa shape index (κ3) is 8.50. The van der Waals surface area contributed by atoms with Crippen LogP contribution in [-0.4, -0.2) is 62.5 Å². The number of halogens is 1. The van der Waals surface area contributed by atoms with Crippen LogP contribution < -0.4 is 4.90 Å². The molecule has 0 spiro atoms. The first-order valence-corrected chi connectivity index (χ1v) is 21.3. The molecule has 0 bridgehead atoms. The smallest absolute Gasteiger partial charge is 0.264 e. The summed E-state index contributed by atoms with van der Waals surface area (Å²) in [6.07, 6.45) is 15.2. The molecule has 0 unspecified atom stereocenters. The number of unbranched alkanes of at least 4 members (excludes halogenated alkanes) is 2. The van der Waals surface area contributed by atoms with E-state index in [1.807, 2.05) is 6.07 Å². The fourth-order valence-corrected chi connectivity index (χ4v) is 9.13. The molecule has 10 heteroatoms. The van der Waals surface area contributed by atoms with Gasteiger partial charge in [0.25, 0.3) is 10.1 Å². The van der Waals surface area contributed by atoms with Crippen molar-refractivity contribution in [2.75, 3.05) is 35.8 Å². The van der Waals surface area contributed by atoms with Crippen molar-refractivity contribution < 1.29 is 26.0 Å². The number of para-hydroxylation sites is 2. The molecule has 0 fully saturated rings. The van der Waals surface area contributed by atoms with Gasteiger partial charge in [0.05, 0.1) is 11.2 Å². The fourth-order valence-electron chi connectivity index (χ4n) is 7.52. The first-order chi connectivity index (χ1) is 23.0. The molecule has 3 aliphatic rings. The summed E-state index contributed by atoms with van der Waals surface area (Å²) in [7, 11) is -6.99. The second kappa shape index (κ2) is 14.7. The molecule has 0 saturated carbocycles. The normalized spacial score (nSPS) is 20.6. The largest absolute Gasteiger partial charge is 0.344 e. The average Bonchev–Trinajstić information content (AvgIpc) is 3.37. The van der Waals surface area contributed by atoms with Gasteiger partial charge in [0.15, 0.2) is 5.71 Å². The predicted molar refractivity (Wildman–Crippen MR) is 203 cm³/mol. The van der Waals surface area contributed by atoms with Crippen LogP contribution in [0.25, 0.3) is 0 Å². The van der Waals surface area contributed by atoms with Gasteiger partial charge in [-0.3, -0.25) is 4.55 Å². The highest BCUT2D eigenvalue weighted by atomic mass is 35.5. The SMILES string of the molecule is CC1(C)C(=CC=C2CCCC(C=CC3=[N+](CCCCS(=O)(=O)O)c4ccccc4C3(C)C)=C2Cl)N(CCCCS(C)(=O)=O)c2ccccc21. The third-order valence-electron chi connectivity index (χ3n) is 10.1. The maximum Gasteiger partial charge on any atom is 0.264 e. The van der Waals surface area contributed by atoms with Crippen molar-refractivity contribution in [2.45, 2.75) is 83.5 Å². The Balaban J connectivity index is 1.44. The number of fused-ring (bicyclic) bond motifs is 2. The van der Waals surface area contributed by atoms with E-state index >= 15 is 0 Å². The summed E-state index contributed by atoms with van der Waals surface area (Å²) in [6, 6.07) is 16.8. The van der Waals surface area contributed by atoms with Crippen LogP contribution in [0.1, 0.15) is 83.8 Å². The number of benzene rings is 2. The van der Waals surface area contributed by atoms with E-state index in [0.29, 0.717) is 25.8 Å². The minimum Gasteiger partial charge on any atom is -0.344 e. The van der Waals surface area contributed by atoms with Gasteiger partial charge in [0, 0.05) is 64.5 Å². The van der Waals surface area contributed by atoms with E-state index < -0.39 is 20.0 Å². The summed E-state index contributed by atoms with van der Waals surface area (Å²) in [5.74, 6) is -0.0467. The van der Waals surface area contributed by atoms with Crippen LogP contribution in [0.4, 0.5) is 11.4 Å². The van der Waals surface area contributed by atoms with Crippen molar-refractivity contribution in [2.24, 2.45) is 0 Å². The third-order valence-corrected chi connectivity index (χ3v) is 12.4. The van der Waals surface area contributed by atoms with Crippen LogP contribution in [-0.2, 0) is 30.8 Å². The van der Waals surface area contributed by atoms with E-state index in [-0.39, 0.29) is 22.3 Å². The molecule has 0 amide bonds. The van der Waals surface area contributed by atoms with Gasteiger partial charge in [-0.15, -0.1) is 0 Å². The molecule has 2 heterocycles. The second-order valence-electron chi connectivity index (χ2n) is 14.6. The standard InChI is InChI=1S/C39H49ClN2O5S2/c1-38(2)31-17-6-8-19-33(31)41(25-10-12-27-48(5,43)44)35(38)23-21-29-15-14-16-30(37(29)40)22-24-36-39(3,4)32-18-7-9-20-34(32)42(36)26-11-13-28-49(45,46)47/h6-9,17-24H,10-16,25-28H2,1-5H3/p+1. The quantitative estimate of drug-likeness (QED) is 0.127. The molecule has 1 N–H and O–H groups in total. The van der Waals surface area contributed by atoms with Gasteiger partial charge in [0.1, 0.15) is 16.4 Å². The Morgan fingerprint density at radius 2 is 1.51 bits per heavy atom. The van der Waals surface area contributed by atoms with Crippen LogP contribution in [0.2, 0.25) is 0 Å². The lowest BCUT2D eigenvalue weighted by atomic mass is 9.81. The Morgan fingerprint density at radius 1 is 0.837 bits per heavy atom. The lowest BCUT2D eigenvalue weighted by Crippen LogP contribution is -2.28. The Bertz CT molecular complexity index is 1970. The Kier molecular flexibility index (Phi) is 11.2. The van der Waals surface area contributed by atoms with Gasteiger partial charge in [0.2, 0.25) is 5.69 Å². The van der Waals surface area contributed by atoms with E-state index in [4.69, 9.17) is 11.6 Å². The molecule has 1 aliphatic carbocycles. The van der Waals surface area contributed by atoms with Crippen molar-refractivity contribution in [1.82, 2.24) is 0 Å². The van der Waals surface area contributed by atoms with Crippen LogP contribution >= 0.6 is 11.6 Å². The lowest BCUT2D eigenvalue weighted by molar-refractivity contribution is -0.438. The summed E-state index contributed by atoms with van der Waals surface area (Å²) >= 11 is 7.16. The number of anilines is 1. The van der Waals surface area contributed by atoms with E-state index in [9.17, 15) is 21.4 Å². The molecular weight excluding hydrogens is 676 g/mol. The van der Waals surface area contributed by atoms with Gasteiger partial charge in [-0.25, -0.2) is 8.42 Å². The van der Waals surface area contributed by atoms with Crippen molar-refractivity contribution in [3.63, 3.8) is 0 Å². The molecule has 2 aromatic carbocycles. The summed E-state index contributed by atoms with van der Waals surface area (Å²) in [6.45, 7) is 10.3. The van der Waals surface area contributed by atoms with Gasteiger partial charge < -0.3 is 4.90 Å². The summed E-state index contributed by atoms with van der Waals surface area (Å²) < 4.78 is 57.6.